The Hall–Kier alpha value is -0.900. The first-order valence-corrected chi connectivity index (χ1v) is 8.98. The van der Waals surface area contributed by atoms with Crippen LogP contribution in [0.2, 0.25) is 0 Å². The summed E-state index contributed by atoms with van der Waals surface area (Å²) in [5, 5.41) is 5.88. The van der Waals surface area contributed by atoms with Crippen molar-refractivity contribution in [2.75, 3.05) is 12.8 Å². The van der Waals surface area contributed by atoms with Crippen LogP contribution in [0.15, 0.2) is 26.3 Å². The minimum atomic E-state index is -3.63. The van der Waals surface area contributed by atoms with Gasteiger partial charge in [0.1, 0.15) is 4.90 Å². The van der Waals surface area contributed by atoms with Gasteiger partial charge in [-0.2, -0.15) is 9.40 Å². The molecule has 9 heteroatoms. The second-order valence-electron chi connectivity index (χ2n) is 4.25. The summed E-state index contributed by atoms with van der Waals surface area (Å²) in [4.78, 5) is 0.0520. The van der Waals surface area contributed by atoms with Crippen molar-refractivity contribution < 1.29 is 8.42 Å². The molecule has 0 aliphatic rings. The fourth-order valence-electron chi connectivity index (χ4n) is 1.72. The molecular formula is C11H15BrN4O2S2. The third-order valence-corrected chi connectivity index (χ3v) is 6.17. The smallest absolute Gasteiger partial charge is 0.248 e. The van der Waals surface area contributed by atoms with Crippen molar-refractivity contribution in [3.05, 3.63) is 27.0 Å². The van der Waals surface area contributed by atoms with Gasteiger partial charge in [0.05, 0.1) is 3.79 Å². The summed E-state index contributed by atoms with van der Waals surface area (Å²) in [6.07, 6.45) is 1.46. The SMILES string of the molecule is CCn1cc(S(=O)(=O)N(C)Cc2csc(Br)c2)c(N)n1. The van der Waals surface area contributed by atoms with Crippen LogP contribution in [0.5, 0.6) is 0 Å². The van der Waals surface area contributed by atoms with Gasteiger partial charge < -0.3 is 5.73 Å². The number of sulfonamides is 1. The van der Waals surface area contributed by atoms with E-state index in [1.165, 1.54) is 33.6 Å². The zero-order valence-electron chi connectivity index (χ0n) is 11.1. The van der Waals surface area contributed by atoms with Crippen molar-refractivity contribution in [3.63, 3.8) is 0 Å². The van der Waals surface area contributed by atoms with Gasteiger partial charge in [-0.1, -0.05) is 0 Å². The highest BCUT2D eigenvalue weighted by molar-refractivity contribution is 9.11. The molecule has 0 saturated heterocycles. The van der Waals surface area contributed by atoms with E-state index in [1.807, 2.05) is 18.4 Å². The second-order valence-corrected chi connectivity index (χ2v) is 8.56. The van der Waals surface area contributed by atoms with Crippen molar-refractivity contribution in [1.29, 1.82) is 0 Å². The first kappa shape index (κ1) is 15.5. The zero-order valence-corrected chi connectivity index (χ0v) is 14.3. The predicted molar refractivity (Wildman–Crippen MR) is 83.0 cm³/mol. The lowest BCUT2D eigenvalue weighted by Gasteiger charge is -2.15. The number of thiophene rings is 1. The standard InChI is InChI=1S/C11H15BrN4O2S2/c1-3-16-6-9(11(13)14-16)20(17,18)15(2)5-8-4-10(12)19-7-8/h4,6-7H,3,5H2,1-2H3,(H2,13,14). The number of anilines is 1. The average molecular weight is 379 g/mol. The van der Waals surface area contributed by atoms with Gasteiger partial charge in [-0.15, -0.1) is 11.3 Å². The lowest BCUT2D eigenvalue weighted by Crippen LogP contribution is -2.26. The molecule has 0 aromatic carbocycles. The normalized spacial score (nSPS) is 12.2. The molecule has 0 amide bonds. The molecule has 2 rings (SSSR count). The van der Waals surface area contributed by atoms with Crippen LogP contribution >= 0.6 is 27.3 Å². The van der Waals surface area contributed by atoms with Gasteiger partial charge in [0, 0.05) is 26.3 Å². The Kier molecular flexibility index (Phi) is 4.52. The van der Waals surface area contributed by atoms with E-state index in [1.54, 1.807) is 0 Å². The molecule has 0 unspecified atom stereocenters. The molecule has 0 saturated carbocycles. The van der Waals surface area contributed by atoms with Gasteiger partial charge >= 0.3 is 0 Å². The van der Waals surface area contributed by atoms with Crippen molar-refractivity contribution in [2.24, 2.45) is 0 Å². The van der Waals surface area contributed by atoms with Crippen LogP contribution in [-0.2, 0) is 23.1 Å². The molecule has 0 atom stereocenters. The Morgan fingerprint density at radius 2 is 2.25 bits per heavy atom. The quantitative estimate of drug-likeness (QED) is 0.863. The molecule has 2 aromatic heterocycles. The van der Waals surface area contributed by atoms with E-state index in [0.29, 0.717) is 13.1 Å². The van der Waals surface area contributed by atoms with Gasteiger partial charge in [-0.05, 0) is 39.9 Å². The Morgan fingerprint density at radius 1 is 1.55 bits per heavy atom. The highest BCUT2D eigenvalue weighted by Crippen LogP contribution is 2.25. The number of halogens is 1. The Morgan fingerprint density at radius 3 is 2.75 bits per heavy atom. The summed E-state index contributed by atoms with van der Waals surface area (Å²) in [7, 11) is -2.10. The fourth-order valence-corrected chi connectivity index (χ4v) is 4.13. The van der Waals surface area contributed by atoms with E-state index in [4.69, 9.17) is 5.73 Å². The maximum Gasteiger partial charge on any atom is 0.248 e. The van der Waals surface area contributed by atoms with Crippen LogP contribution in [0.1, 0.15) is 12.5 Å². The van der Waals surface area contributed by atoms with Crippen LogP contribution in [0.4, 0.5) is 5.82 Å². The highest BCUT2D eigenvalue weighted by atomic mass is 79.9. The first-order chi connectivity index (χ1) is 9.34. The number of aromatic nitrogens is 2. The van der Waals surface area contributed by atoms with Crippen molar-refractivity contribution in [2.45, 2.75) is 24.9 Å². The number of aryl methyl sites for hydroxylation is 1. The second kappa shape index (κ2) is 5.84. The maximum absolute atomic E-state index is 12.5. The number of nitrogens with two attached hydrogens (primary N) is 1. The number of nitrogens with zero attached hydrogens (tertiary/aromatic N) is 3. The minimum Gasteiger partial charge on any atom is -0.381 e. The van der Waals surface area contributed by atoms with E-state index < -0.39 is 10.0 Å². The summed E-state index contributed by atoms with van der Waals surface area (Å²) in [5.74, 6) is 0.0326. The van der Waals surface area contributed by atoms with Crippen molar-refractivity contribution >= 4 is 43.1 Å². The van der Waals surface area contributed by atoms with Crippen LogP contribution in [0.3, 0.4) is 0 Å². The summed E-state index contributed by atoms with van der Waals surface area (Å²) >= 11 is 4.88. The fraction of sp³-hybridized carbons (Fsp3) is 0.364. The topological polar surface area (TPSA) is 81.2 Å². The van der Waals surface area contributed by atoms with Gasteiger partial charge in [-0.25, -0.2) is 8.42 Å². The van der Waals surface area contributed by atoms with Crippen LogP contribution in [0, 0.1) is 0 Å². The molecule has 0 spiro atoms. The number of hydrogen-bond donors (Lipinski definition) is 1. The van der Waals surface area contributed by atoms with Gasteiger partial charge in [0.2, 0.25) is 10.0 Å². The number of hydrogen-bond acceptors (Lipinski definition) is 5. The third kappa shape index (κ3) is 3.05. The van der Waals surface area contributed by atoms with Crippen molar-refractivity contribution in [3.8, 4) is 0 Å². The number of nitrogen functional groups attached to an aromatic ring is 1. The molecule has 2 N–H and O–H groups in total. The maximum atomic E-state index is 12.5. The molecule has 20 heavy (non-hydrogen) atoms. The van der Waals surface area contributed by atoms with Crippen LogP contribution in [-0.4, -0.2) is 29.6 Å². The monoisotopic (exact) mass is 378 g/mol. The number of rotatable bonds is 5. The van der Waals surface area contributed by atoms with Crippen LogP contribution < -0.4 is 5.73 Å². The molecule has 110 valence electrons. The van der Waals surface area contributed by atoms with E-state index in [-0.39, 0.29) is 10.7 Å². The van der Waals surface area contributed by atoms with Gasteiger partial charge in [0.25, 0.3) is 0 Å². The Bertz CT molecular complexity index is 708. The molecule has 0 aliphatic carbocycles. The molecule has 6 nitrogen and oxygen atoms in total. The largest absolute Gasteiger partial charge is 0.381 e. The summed E-state index contributed by atoms with van der Waals surface area (Å²) in [6, 6.07) is 1.90. The highest BCUT2D eigenvalue weighted by Gasteiger charge is 2.26. The molecule has 2 heterocycles. The summed E-state index contributed by atoms with van der Waals surface area (Å²) in [5.41, 5.74) is 6.62. The van der Waals surface area contributed by atoms with E-state index in [0.717, 1.165) is 9.35 Å². The molecular weight excluding hydrogens is 364 g/mol. The summed E-state index contributed by atoms with van der Waals surface area (Å²) < 4.78 is 28.7. The van der Waals surface area contributed by atoms with Gasteiger partial charge in [-0.3, -0.25) is 4.68 Å². The van der Waals surface area contributed by atoms with Gasteiger partial charge in [0.15, 0.2) is 5.82 Å². The van der Waals surface area contributed by atoms with Crippen LogP contribution in [0.25, 0.3) is 0 Å². The summed E-state index contributed by atoms with van der Waals surface area (Å²) in [6.45, 7) is 2.73. The average Bonchev–Trinajstić information content (AvgIpc) is 2.95. The third-order valence-electron chi connectivity index (χ3n) is 2.79. The molecule has 0 fully saturated rings. The lowest BCUT2D eigenvalue weighted by atomic mass is 10.3. The lowest BCUT2D eigenvalue weighted by molar-refractivity contribution is 0.467. The van der Waals surface area contributed by atoms with E-state index in [9.17, 15) is 8.42 Å². The Labute approximate surface area is 130 Å². The first-order valence-electron chi connectivity index (χ1n) is 5.86. The molecule has 0 aliphatic heterocycles. The Balaban J connectivity index is 2.26. The molecule has 0 radical (unpaired) electrons. The van der Waals surface area contributed by atoms with E-state index >= 15 is 0 Å². The van der Waals surface area contributed by atoms with E-state index in [2.05, 4.69) is 21.0 Å². The predicted octanol–water partition coefficient (Wildman–Crippen LogP) is 2.13. The van der Waals surface area contributed by atoms with Crippen molar-refractivity contribution in [1.82, 2.24) is 14.1 Å². The minimum absolute atomic E-state index is 0.0326. The molecule has 2 aromatic rings. The zero-order chi connectivity index (χ0) is 14.9. The molecule has 0 bridgehead atoms.